The molecule has 2 rings (SSSR count). The van der Waals surface area contributed by atoms with Crippen molar-refractivity contribution in [1.29, 1.82) is 0 Å². The summed E-state index contributed by atoms with van der Waals surface area (Å²) in [6.45, 7) is 13.7. The molecule has 0 aromatic rings. The lowest BCUT2D eigenvalue weighted by Crippen LogP contribution is -2.47. The topological polar surface area (TPSA) is 49.4 Å². The highest BCUT2D eigenvalue weighted by atomic mass is 16.2. The molecule has 4 heteroatoms. The molecule has 0 aliphatic heterocycles. The van der Waals surface area contributed by atoms with Gasteiger partial charge in [0, 0.05) is 31.5 Å². The molecule has 0 aromatic heterocycles. The molecule has 4 unspecified atom stereocenters. The summed E-state index contributed by atoms with van der Waals surface area (Å²) < 4.78 is 0. The number of unbranched alkanes of at least 4 members (excludes halogenated alkanes) is 9. The van der Waals surface area contributed by atoms with Gasteiger partial charge in [0.05, 0.1) is 5.92 Å². The largest absolute Gasteiger partial charge is 0.356 e. The lowest BCUT2D eigenvalue weighted by atomic mass is 9.63. The Morgan fingerprint density at radius 1 is 0.889 bits per heavy atom. The van der Waals surface area contributed by atoms with Crippen molar-refractivity contribution >= 4 is 11.8 Å². The summed E-state index contributed by atoms with van der Waals surface area (Å²) in [5.74, 6) is 1.66. The maximum atomic E-state index is 13.8. The Bertz CT molecular complexity index is 661. The van der Waals surface area contributed by atoms with Crippen molar-refractivity contribution in [3.63, 3.8) is 0 Å². The number of rotatable bonds is 20. The van der Waals surface area contributed by atoms with E-state index < -0.39 is 0 Å². The first-order valence-electron chi connectivity index (χ1n) is 15.6. The fourth-order valence-electron chi connectivity index (χ4n) is 6.83. The monoisotopic (exact) mass is 502 g/mol. The maximum absolute atomic E-state index is 13.8. The van der Waals surface area contributed by atoms with Crippen molar-refractivity contribution in [3.8, 4) is 0 Å². The van der Waals surface area contributed by atoms with Gasteiger partial charge < -0.3 is 10.2 Å². The predicted octanol–water partition coefficient (Wildman–Crippen LogP) is 7.92. The Hall–Kier alpha value is -1.32. The fourth-order valence-corrected chi connectivity index (χ4v) is 6.83. The van der Waals surface area contributed by atoms with Gasteiger partial charge in [0.25, 0.3) is 0 Å². The van der Waals surface area contributed by atoms with Gasteiger partial charge in [0.2, 0.25) is 11.8 Å². The summed E-state index contributed by atoms with van der Waals surface area (Å²) in [7, 11) is 0. The minimum Gasteiger partial charge on any atom is -0.356 e. The number of hydrogen-bond donors (Lipinski definition) is 1. The van der Waals surface area contributed by atoms with Crippen LogP contribution >= 0.6 is 0 Å². The highest BCUT2D eigenvalue weighted by Gasteiger charge is 2.56. The average Bonchev–Trinajstić information content (AvgIpc) is 3.46. The number of fused-ring (bicyclic) bond motifs is 2. The highest BCUT2D eigenvalue weighted by molar-refractivity contribution is 5.87. The van der Waals surface area contributed by atoms with Gasteiger partial charge in [-0.05, 0) is 49.9 Å². The molecule has 0 spiro atoms. The average molecular weight is 503 g/mol. The summed E-state index contributed by atoms with van der Waals surface area (Å²) in [4.78, 5) is 29.7. The lowest BCUT2D eigenvalue weighted by molar-refractivity contribution is -0.140. The minimum atomic E-state index is -0.249. The Kier molecular flexibility index (Phi) is 14.2. The van der Waals surface area contributed by atoms with Crippen molar-refractivity contribution < 1.29 is 9.59 Å². The summed E-state index contributed by atoms with van der Waals surface area (Å²) in [5.41, 5.74) is -0.155. The molecule has 4 nitrogen and oxygen atoms in total. The molecule has 1 N–H and O–H groups in total. The molecule has 1 fully saturated rings. The van der Waals surface area contributed by atoms with Crippen LogP contribution in [0.25, 0.3) is 0 Å². The van der Waals surface area contributed by atoms with Crippen LogP contribution in [-0.2, 0) is 9.59 Å². The molecule has 2 aliphatic rings. The zero-order valence-corrected chi connectivity index (χ0v) is 24.5. The van der Waals surface area contributed by atoms with E-state index in [0.717, 1.165) is 51.7 Å². The molecule has 36 heavy (non-hydrogen) atoms. The van der Waals surface area contributed by atoms with Crippen LogP contribution in [0.1, 0.15) is 131 Å². The van der Waals surface area contributed by atoms with Crippen LogP contribution in [0, 0.1) is 29.1 Å². The van der Waals surface area contributed by atoms with E-state index in [2.05, 4.69) is 57.0 Å². The van der Waals surface area contributed by atoms with Gasteiger partial charge in [-0.15, -0.1) is 0 Å². The van der Waals surface area contributed by atoms with E-state index in [0.29, 0.717) is 24.2 Å². The van der Waals surface area contributed by atoms with Gasteiger partial charge in [0.1, 0.15) is 0 Å². The highest BCUT2D eigenvalue weighted by Crippen LogP contribution is 2.60. The number of nitrogens with zero attached hydrogens (tertiary/aromatic N) is 1. The molecule has 0 radical (unpaired) electrons. The summed E-state index contributed by atoms with van der Waals surface area (Å²) >= 11 is 0. The fraction of sp³-hybridized carbons (Fsp3) is 0.875. The zero-order chi connectivity index (χ0) is 26.4. The number of allylic oxidation sites excluding steroid dienone is 2. The summed E-state index contributed by atoms with van der Waals surface area (Å²) in [6, 6.07) is 0. The molecule has 2 amide bonds. The minimum absolute atomic E-state index is 0.120. The third-order valence-corrected chi connectivity index (χ3v) is 8.94. The molecule has 2 bridgehead atoms. The second-order valence-corrected chi connectivity index (χ2v) is 12.1. The number of carbonyl (C=O) groups is 2. The smallest absolute Gasteiger partial charge is 0.224 e. The Morgan fingerprint density at radius 2 is 1.47 bits per heavy atom. The SMILES string of the molecule is CCCCCCNC(=O)C(CC(=O)N(CCCCCC)CCCCCC)C12C=CC(CC1C(C)C)C2. The number of carbonyl (C=O) groups excluding carboxylic acids is 2. The molecular weight excluding hydrogens is 444 g/mol. The third-order valence-electron chi connectivity index (χ3n) is 8.94. The number of amides is 2. The van der Waals surface area contributed by atoms with Gasteiger partial charge >= 0.3 is 0 Å². The quantitative estimate of drug-likeness (QED) is 0.136. The van der Waals surface area contributed by atoms with E-state index in [4.69, 9.17) is 0 Å². The molecule has 0 aromatic carbocycles. The van der Waals surface area contributed by atoms with Crippen molar-refractivity contribution in [3.05, 3.63) is 12.2 Å². The van der Waals surface area contributed by atoms with Crippen LogP contribution in [0.2, 0.25) is 0 Å². The van der Waals surface area contributed by atoms with Crippen LogP contribution in [-0.4, -0.2) is 36.3 Å². The van der Waals surface area contributed by atoms with Crippen molar-refractivity contribution in [2.45, 2.75) is 131 Å². The first kappa shape index (κ1) is 30.9. The van der Waals surface area contributed by atoms with Crippen molar-refractivity contribution in [2.24, 2.45) is 29.1 Å². The van der Waals surface area contributed by atoms with Gasteiger partial charge in [0.15, 0.2) is 0 Å². The van der Waals surface area contributed by atoms with E-state index in [-0.39, 0.29) is 23.1 Å². The number of nitrogens with one attached hydrogen (secondary N) is 1. The van der Waals surface area contributed by atoms with Crippen LogP contribution in [0.5, 0.6) is 0 Å². The predicted molar refractivity (Wildman–Crippen MR) is 153 cm³/mol. The normalized spacial score (nSPS) is 23.4. The second kappa shape index (κ2) is 16.5. The molecule has 0 heterocycles. The van der Waals surface area contributed by atoms with Gasteiger partial charge in [-0.25, -0.2) is 0 Å². The van der Waals surface area contributed by atoms with E-state index in [9.17, 15) is 9.59 Å². The maximum Gasteiger partial charge on any atom is 0.224 e. The van der Waals surface area contributed by atoms with E-state index in [1.165, 1.54) is 57.8 Å². The van der Waals surface area contributed by atoms with E-state index in [1.807, 2.05) is 0 Å². The first-order valence-corrected chi connectivity index (χ1v) is 15.6. The molecular formula is C32H58N2O2. The summed E-state index contributed by atoms with van der Waals surface area (Å²) in [5, 5.41) is 3.28. The van der Waals surface area contributed by atoms with E-state index in [1.54, 1.807) is 0 Å². The van der Waals surface area contributed by atoms with Gasteiger partial charge in [-0.2, -0.15) is 0 Å². The molecule has 0 saturated heterocycles. The molecule has 4 atom stereocenters. The third kappa shape index (κ3) is 8.91. The molecule has 1 saturated carbocycles. The van der Waals surface area contributed by atoms with Gasteiger partial charge in [-0.1, -0.05) is 105 Å². The Balaban J connectivity index is 2.16. The molecule has 2 aliphatic carbocycles. The lowest BCUT2D eigenvalue weighted by Gasteiger charge is -2.41. The molecule has 208 valence electrons. The Morgan fingerprint density at radius 3 is 2.00 bits per heavy atom. The van der Waals surface area contributed by atoms with Crippen LogP contribution < -0.4 is 5.32 Å². The van der Waals surface area contributed by atoms with Crippen molar-refractivity contribution in [1.82, 2.24) is 10.2 Å². The second-order valence-electron chi connectivity index (χ2n) is 12.1. The summed E-state index contributed by atoms with van der Waals surface area (Å²) in [6.07, 6.45) is 21.3. The number of hydrogen-bond acceptors (Lipinski definition) is 2. The first-order chi connectivity index (χ1) is 17.4. The standard InChI is InChI=1S/C32H58N2O2/c1-6-9-12-15-20-33-31(36)29(32-19-18-27(25-32)23-28(32)26(4)5)24-30(35)34(21-16-13-10-7-2)22-17-14-11-8-3/h18-19,26-29H,6-17,20-25H2,1-5H3,(H,33,36). The zero-order valence-electron chi connectivity index (χ0n) is 24.5. The van der Waals surface area contributed by atoms with E-state index >= 15 is 0 Å². The van der Waals surface area contributed by atoms with Crippen molar-refractivity contribution in [2.75, 3.05) is 19.6 Å². The Labute approximate surface area is 223 Å². The van der Waals surface area contributed by atoms with Crippen LogP contribution in [0.15, 0.2) is 12.2 Å². The van der Waals surface area contributed by atoms with Crippen LogP contribution in [0.4, 0.5) is 0 Å². The van der Waals surface area contributed by atoms with Gasteiger partial charge in [-0.3, -0.25) is 9.59 Å². The van der Waals surface area contributed by atoms with Crippen LogP contribution in [0.3, 0.4) is 0 Å².